The molecule has 0 saturated heterocycles. The number of nitro groups is 1. The number of carbonyl (C=O) groups is 1. The molecule has 0 bridgehead atoms. The Morgan fingerprint density at radius 1 is 1.56 bits per heavy atom. The van der Waals surface area contributed by atoms with Crippen LogP contribution in [0.5, 0.6) is 5.75 Å². The van der Waals surface area contributed by atoms with Crippen molar-refractivity contribution in [2.45, 2.75) is 6.92 Å². The molecular weight excluding hydrogens is 240 g/mol. The Hall–Kier alpha value is -2.62. The van der Waals surface area contributed by atoms with Crippen LogP contribution in [0.3, 0.4) is 0 Å². The second-order valence-corrected chi connectivity index (χ2v) is 3.13. The monoisotopic (exact) mass is 250 g/mol. The molecule has 0 aliphatic carbocycles. The highest BCUT2D eigenvalue weighted by Crippen LogP contribution is 2.30. The Morgan fingerprint density at radius 2 is 2.22 bits per heavy atom. The fourth-order valence-electron chi connectivity index (χ4n) is 1.42. The molecule has 0 spiro atoms. The number of carbonyl (C=O) groups excluding carboxylic acids is 1. The number of esters is 1. The van der Waals surface area contributed by atoms with E-state index in [2.05, 4.69) is 0 Å². The van der Waals surface area contributed by atoms with Gasteiger partial charge < -0.3 is 9.47 Å². The van der Waals surface area contributed by atoms with Gasteiger partial charge in [-0.2, -0.15) is 5.26 Å². The Balaban J connectivity index is 3.54. The van der Waals surface area contributed by atoms with E-state index in [4.69, 9.17) is 14.7 Å². The molecule has 0 fully saturated rings. The van der Waals surface area contributed by atoms with Crippen molar-refractivity contribution in [2.24, 2.45) is 0 Å². The maximum Gasteiger partial charge on any atom is 0.346 e. The number of ether oxygens (including phenoxy) is 2. The van der Waals surface area contributed by atoms with Crippen LogP contribution in [0, 0.1) is 21.4 Å². The van der Waals surface area contributed by atoms with Crippen LogP contribution in [0.15, 0.2) is 12.1 Å². The highest BCUT2D eigenvalue weighted by Gasteiger charge is 2.28. The van der Waals surface area contributed by atoms with Crippen LogP contribution in [0.4, 0.5) is 5.69 Å². The molecule has 1 aromatic rings. The van der Waals surface area contributed by atoms with Crippen molar-refractivity contribution in [3.8, 4) is 11.8 Å². The lowest BCUT2D eigenvalue weighted by molar-refractivity contribution is -0.385. The standard InChI is InChI=1S/C11H10N2O5/c1-3-18-11(14)10-7(6-12)9(17-2)5-4-8(10)13(15)16/h4-5H,3H2,1-2H3. The smallest absolute Gasteiger partial charge is 0.346 e. The van der Waals surface area contributed by atoms with Crippen molar-refractivity contribution in [1.29, 1.82) is 5.26 Å². The number of methoxy groups -OCH3 is 1. The van der Waals surface area contributed by atoms with E-state index >= 15 is 0 Å². The highest BCUT2D eigenvalue weighted by molar-refractivity contribution is 5.97. The van der Waals surface area contributed by atoms with Gasteiger partial charge in [0.15, 0.2) is 5.56 Å². The van der Waals surface area contributed by atoms with Gasteiger partial charge in [0, 0.05) is 6.07 Å². The number of nitriles is 1. The first-order valence-corrected chi connectivity index (χ1v) is 4.99. The van der Waals surface area contributed by atoms with Crippen molar-refractivity contribution in [3.05, 3.63) is 33.4 Å². The number of hydrogen-bond donors (Lipinski definition) is 0. The van der Waals surface area contributed by atoms with Crippen LogP contribution in [-0.4, -0.2) is 24.6 Å². The minimum atomic E-state index is -0.917. The van der Waals surface area contributed by atoms with Gasteiger partial charge in [-0.25, -0.2) is 4.79 Å². The molecule has 7 nitrogen and oxygen atoms in total. The van der Waals surface area contributed by atoms with Gasteiger partial charge in [-0.15, -0.1) is 0 Å². The maximum atomic E-state index is 11.7. The molecule has 0 amide bonds. The normalized spacial score (nSPS) is 9.39. The Bertz CT molecular complexity index is 533. The highest BCUT2D eigenvalue weighted by atomic mass is 16.6. The third kappa shape index (κ3) is 2.38. The zero-order chi connectivity index (χ0) is 13.7. The molecule has 0 saturated carbocycles. The summed E-state index contributed by atoms with van der Waals surface area (Å²) < 4.78 is 9.60. The molecule has 1 rings (SSSR count). The molecular formula is C11H10N2O5. The molecule has 94 valence electrons. The first-order chi connectivity index (χ1) is 8.56. The lowest BCUT2D eigenvalue weighted by atomic mass is 10.1. The molecule has 0 N–H and O–H groups in total. The zero-order valence-corrected chi connectivity index (χ0v) is 9.80. The average molecular weight is 250 g/mol. The summed E-state index contributed by atoms with van der Waals surface area (Å²) in [7, 11) is 1.30. The maximum absolute atomic E-state index is 11.7. The topological polar surface area (TPSA) is 102 Å². The first kappa shape index (κ1) is 13.4. The number of benzene rings is 1. The van der Waals surface area contributed by atoms with Gasteiger partial charge in [0.05, 0.1) is 18.6 Å². The number of nitro benzene ring substituents is 1. The van der Waals surface area contributed by atoms with Crippen LogP contribution in [0.1, 0.15) is 22.8 Å². The summed E-state index contributed by atoms with van der Waals surface area (Å²) in [6, 6.07) is 4.09. The van der Waals surface area contributed by atoms with E-state index in [0.29, 0.717) is 0 Å². The molecule has 0 unspecified atom stereocenters. The van der Waals surface area contributed by atoms with Gasteiger partial charge in [-0.1, -0.05) is 0 Å². The van der Waals surface area contributed by atoms with Gasteiger partial charge in [0.25, 0.3) is 5.69 Å². The lowest BCUT2D eigenvalue weighted by Gasteiger charge is -2.08. The minimum absolute atomic E-state index is 0.0536. The molecule has 0 heterocycles. The van der Waals surface area contributed by atoms with E-state index < -0.39 is 16.6 Å². The quantitative estimate of drug-likeness (QED) is 0.457. The Morgan fingerprint density at radius 3 is 2.67 bits per heavy atom. The van der Waals surface area contributed by atoms with Crippen molar-refractivity contribution in [1.82, 2.24) is 0 Å². The summed E-state index contributed by atoms with van der Waals surface area (Å²) in [5.41, 5.74) is -1.07. The minimum Gasteiger partial charge on any atom is -0.495 e. The van der Waals surface area contributed by atoms with E-state index in [9.17, 15) is 14.9 Å². The van der Waals surface area contributed by atoms with Crippen LogP contribution >= 0.6 is 0 Å². The van der Waals surface area contributed by atoms with Gasteiger partial charge in [0.2, 0.25) is 0 Å². The molecule has 18 heavy (non-hydrogen) atoms. The van der Waals surface area contributed by atoms with E-state index in [0.717, 1.165) is 6.07 Å². The van der Waals surface area contributed by atoms with E-state index in [-0.39, 0.29) is 23.5 Å². The molecule has 0 aliphatic rings. The summed E-state index contributed by atoms with van der Waals surface area (Å²) in [5.74, 6) is -0.828. The third-order valence-corrected chi connectivity index (χ3v) is 2.15. The van der Waals surface area contributed by atoms with E-state index in [1.54, 1.807) is 13.0 Å². The lowest BCUT2D eigenvalue weighted by Crippen LogP contribution is -2.11. The van der Waals surface area contributed by atoms with E-state index in [1.807, 2.05) is 0 Å². The number of rotatable bonds is 4. The van der Waals surface area contributed by atoms with Gasteiger partial charge in [-0.05, 0) is 13.0 Å². The molecule has 0 atom stereocenters. The van der Waals surface area contributed by atoms with Gasteiger partial charge in [-0.3, -0.25) is 10.1 Å². The molecule has 0 aromatic heterocycles. The second-order valence-electron chi connectivity index (χ2n) is 3.13. The largest absolute Gasteiger partial charge is 0.495 e. The van der Waals surface area contributed by atoms with Crippen molar-refractivity contribution >= 4 is 11.7 Å². The van der Waals surface area contributed by atoms with Crippen LogP contribution in [0.25, 0.3) is 0 Å². The van der Waals surface area contributed by atoms with Gasteiger partial charge >= 0.3 is 5.97 Å². The van der Waals surface area contributed by atoms with Crippen LogP contribution < -0.4 is 4.74 Å². The molecule has 0 aliphatic heterocycles. The van der Waals surface area contributed by atoms with Crippen LogP contribution in [-0.2, 0) is 4.74 Å². The summed E-state index contributed by atoms with van der Waals surface area (Å²) >= 11 is 0. The average Bonchev–Trinajstić information content (AvgIpc) is 2.36. The molecule has 7 heteroatoms. The number of hydrogen-bond acceptors (Lipinski definition) is 6. The Kier molecular flexibility index (Phi) is 4.21. The Labute approximate surface area is 103 Å². The van der Waals surface area contributed by atoms with Crippen molar-refractivity contribution < 1.29 is 19.2 Å². The fraction of sp³-hybridized carbons (Fsp3) is 0.273. The predicted octanol–water partition coefficient (Wildman–Crippen LogP) is 1.65. The molecule has 0 radical (unpaired) electrons. The summed E-state index contributed by atoms with van der Waals surface area (Å²) in [5, 5.41) is 19.8. The van der Waals surface area contributed by atoms with Crippen molar-refractivity contribution in [3.63, 3.8) is 0 Å². The summed E-state index contributed by atoms with van der Waals surface area (Å²) in [6.45, 7) is 1.62. The number of nitrogens with zero attached hydrogens (tertiary/aromatic N) is 2. The first-order valence-electron chi connectivity index (χ1n) is 4.99. The van der Waals surface area contributed by atoms with Crippen molar-refractivity contribution in [2.75, 3.05) is 13.7 Å². The SMILES string of the molecule is CCOC(=O)c1c([N+](=O)[O-])ccc(OC)c1C#N. The molecule has 1 aromatic carbocycles. The van der Waals surface area contributed by atoms with Crippen LogP contribution in [0.2, 0.25) is 0 Å². The zero-order valence-electron chi connectivity index (χ0n) is 9.80. The fourth-order valence-corrected chi connectivity index (χ4v) is 1.42. The summed E-state index contributed by atoms with van der Waals surface area (Å²) in [6.07, 6.45) is 0. The predicted molar refractivity (Wildman–Crippen MR) is 60.3 cm³/mol. The summed E-state index contributed by atoms with van der Waals surface area (Å²) in [4.78, 5) is 21.8. The van der Waals surface area contributed by atoms with Gasteiger partial charge in [0.1, 0.15) is 17.4 Å². The third-order valence-electron chi connectivity index (χ3n) is 2.15. The van der Waals surface area contributed by atoms with E-state index in [1.165, 1.54) is 13.2 Å². The second kappa shape index (κ2) is 5.63.